The van der Waals surface area contributed by atoms with Gasteiger partial charge in [-0.05, 0) is 38.8 Å². The first kappa shape index (κ1) is 8.06. The Labute approximate surface area is 64.4 Å². The van der Waals surface area contributed by atoms with E-state index in [1.807, 2.05) is 0 Å². The average molecular weight is 141 g/mol. The monoisotopic (exact) mass is 141 g/mol. The molecule has 0 unspecified atom stereocenters. The first-order valence-electron chi connectivity index (χ1n) is 4.53. The van der Waals surface area contributed by atoms with Gasteiger partial charge < -0.3 is 4.90 Å². The van der Waals surface area contributed by atoms with Gasteiger partial charge in [-0.2, -0.15) is 0 Å². The van der Waals surface area contributed by atoms with Gasteiger partial charge in [0.1, 0.15) is 0 Å². The molecular weight excluding hydrogens is 122 g/mol. The second-order valence-corrected chi connectivity index (χ2v) is 3.30. The second kappa shape index (κ2) is 3.38. The maximum atomic E-state index is 2.55. The molecule has 0 heterocycles. The molecule has 0 bridgehead atoms. The molecule has 10 heavy (non-hydrogen) atoms. The summed E-state index contributed by atoms with van der Waals surface area (Å²) < 4.78 is 0. The van der Waals surface area contributed by atoms with Crippen LogP contribution in [-0.4, -0.2) is 24.0 Å². The number of hydrogen-bond donors (Lipinski definition) is 0. The minimum Gasteiger partial charge on any atom is -0.301 e. The van der Waals surface area contributed by atoms with E-state index in [2.05, 4.69) is 25.7 Å². The lowest BCUT2D eigenvalue weighted by molar-refractivity contribution is 0.210. The van der Waals surface area contributed by atoms with Crippen LogP contribution in [-0.2, 0) is 0 Å². The van der Waals surface area contributed by atoms with Crippen LogP contribution in [0.4, 0.5) is 0 Å². The largest absolute Gasteiger partial charge is 0.301 e. The summed E-state index contributed by atoms with van der Waals surface area (Å²) in [6, 6.07) is 0.843. The molecular formula is C9H19N. The highest BCUT2D eigenvalue weighted by molar-refractivity contribution is 4.84. The third kappa shape index (κ3) is 1.72. The molecule has 1 heteroatoms. The standard InChI is InChI=1S/C9H19N/c1-4-10(5-2)8(3)9-6-7-9/h8-9H,4-7H2,1-3H3/t8-/m1/s1. The highest BCUT2D eigenvalue weighted by Gasteiger charge is 2.30. The van der Waals surface area contributed by atoms with Crippen molar-refractivity contribution in [3.8, 4) is 0 Å². The van der Waals surface area contributed by atoms with Gasteiger partial charge in [0, 0.05) is 6.04 Å². The van der Waals surface area contributed by atoms with Crippen molar-refractivity contribution in [1.82, 2.24) is 4.90 Å². The third-order valence-electron chi connectivity index (χ3n) is 2.69. The third-order valence-corrected chi connectivity index (χ3v) is 2.69. The minimum atomic E-state index is 0.843. The molecule has 1 atom stereocenters. The molecule has 0 radical (unpaired) electrons. The molecule has 1 rings (SSSR count). The van der Waals surface area contributed by atoms with Crippen molar-refractivity contribution in [3.05, 3.63) is 0 Å². The van der Waals surface area contributed by atoms with E-state index in [0.717, 1.165) is 12.0 Å². The molecule has 0 aromatic carbocycles. The summed E-state index contributed by atoms with van der Waals surface area (Å²) in [4.78, 5) is 2.55. The van der Waals surface area contributed by atoms with Gasteiger partial charge in [-0.25, -0.2) is 0 Å². The molecule has 0 aliphatic heterocycles. The van der Waals surface area contributed by atoms with Crippen LogP contribution in [0, 0.1) is 5.92 Å². The number of rotatable bonds is 4. The summed E-state index contributed by atoms with van der Waals surface area (Å²) in [5.74, 6) is 1.03. The Morgan fingerprint density at radius 3 is 2.10 bits per heavy atom. The smallest absolute Gasteiger partial charge is 0.00949 e. The van der Waals surface area contributed by atoms with Crippen LogP contribution >= 0.6 is 0 Å². The van der Waals surface area contributed by atoms with Crippen LogP contribution in [0.15, 0.2) is 0 Å². The van der Waals surface area contributed by atoms with E-state index >= 15 is 0 Å². The Hall–Kier alpha value is -0.0400. The molecule has 0 aromatic rings. The first-order chi connectivity index (χ1) is 4.79. The molecule has 0 saturated heterocycles. The van der Waals surface area contributed by atoms with E-state index < -0.39 is 0 Å². The van der Waals surface area contributed by atoms with Gasteiger partial charge in [0.2, 0.25) is 0 Å². The van der Waals surface area contributed by atoms with Crippen molar-refractivity contribution in [3.63, 3.8) is 0 Å². The molecule has 1 saturated carbocycles. The summed E-state index contributed by atoms with van der Waals surface area (Å²) in [6.07, 6.45) is 2.94. The quantitative estimate of drug-likeness (QED) is 0.579. The van der Waals surface area contributed by atoms with Crippen molar-refractivity contribution in [2.24, 2.45) is 5.92 Å². The molecule has 60 valence electrons. The van der Waals surface area contributed by atoms with Crippen molar-refractivity contribution in [2.75, 3.05) is 13.1 Å². The molecule has 1 fully saturated rings. The molecule has 0 amide bonds. The molecule has 1 nitrogen and oxygen atoms in total. The molecule has 0 N–H and O–H groups in total. The fraction of sp³-hybridized carbons (Fsp3) is 1.00. The second-order valence-electron chi connectivity index (χ2n) is 3.30. The Balaban J connectivity index is 2.27. The molecule has 0 aromatic heterocycles. The zero-order valence-corrected chi connectivity index (χ0v) is 7.43. The summed E-state index contributed by atoms with van der Waals surface area (Å²) in [7, 11) is 0. The van der Waals surface area contributed by atoms with Gasteiger partial charge in [-0.1, -0.05) is 13.8 Å². The average Bonchev–Trinajstić information content (AvgIpc) is 2.71. The van der Waals surface area contributed by atoms with E-state index in [1.54, 1.807) is 0 Å². The van der Waals surface area contributed by atoms with Gasteiger partial charge in [-0.15, -0.1) is 0 Å². The zero-order chi connectivity index (χ0) is 7.56. The molecule has 1 aliphatic rings. The normalized spacial score (nSPS) is 21.6. The van der Waals surface area contributed by atoms with Crippen molar-refractivity contribution in [2.45, 2.75) is 39.7 Å². The van der Waals surface area contributed by atoms with Crippen LogP contribution in [0.5, 0.6) is 0 Å². The number of hydrogen-bond acceptors (Lipinski definition) is 1. The van der Waals surface area contributed by atoms with Crippen LogP contribution in [0.25, 0.3) is 0 Å². The highest BCUT2D eigenvalue weighted by atomic mass is 15.1. The van der Waals surface area contributed by atoms with E-state index in [1.165, 1.54) is 25.9 Å². The highest BCUT2D eigenvalue weighted by Crippen LogP contribution is 2.34. The fourth-order valence-corrected chi connectivity index (χ4v) is 1.68. The summed E-state index contributed by atoms with van der Waals surface area (Å²) in [5, 5.41) is 0. The Kier molecular flexibility index (Phi) is 2.72. The van der Waals surface area contributed by atoms with Gasteiger partial charge in [0.15, 0.2) is 0 Å². The van der Waals surface area contributed by atoms with Crippen LogP contribution < -0.4 is 0 Å². The van der Waals surface area contributed by atoms with Crippen molar-refractivity contribution in [1.29, 1.82) is 0 Å². The van der Waals surface area contributed by atoms with E-state index in [0.29, 0.717) is 0 Å². The Bertz CT molecular complexity index is 92.9. The Morgan fingerprint density at radius 2 is 1.80 bits per heavy atom. The van der Waals surface area contributed by atoms with Crippen LogP contribution in [0.1, 0.15) is 33.6 Å². The SMILES string of the molecule is CCN(CC)[C@H](C)C1CC1. The molecule has 0 spiro atoms. The molecule has 1 aliphatic carbocycles. The lowest BCUT2D eigenvalue weighted by atomic mass is 10.2. The predicted octanol–water partition coefficient (Wildman–Crippen LogP) is 2.13. The topological polar surface area (TPSA) is 3.24 Å². The summed E-state index contributed by atoms with van der Waals surface area (Å²) in [6.45, 7) is 9.30. The maximum absolute atomic E-state index is 2.55. The predicted molar refractivity (Wildman–Crippen MR) is 45.1 cm³/mol. The fourth-order valence-electron chi connectivity index (χ4n) is 1.68. The van der Waals surface area contributed by atoms with E-state index in [9.17, 15) is 0 Å². The van der Waals surface area contributed by atoms with Crippen molar-refractivity contribution >= 4 is 0 Å². The van der Waals surface area contributed by atoms with Gasteiger partial charge in [0.25, 0.3) is 0 Å². The van der Waals surface area contributed by atoms with Gasteiger partial charge in [-0.3, -0.25) is 0 Å². The maximum Gasteiger partial charge on any atom is 0.00949 e. The lowest BCUT2D eigenvalue weighted by Crippen LogP contribution is -2.34. The Morgan fingerprint density at radius 1 is 1.30 bits per heavy atom. The summed E-state index contributed by atoms with van der Waals surface area (Å²) in [5.41, 5.74) is 0. The van der Waals surface area contributed by atoms with Gasteiger partial charge in [0.05, 0.1) is 0 Å². The zero-order valence-electron chi connectivity index (χ0n) is 7.43. The lowest BCUT2D eigenvalue weighted by Gasteiger charge is -2.25. The minimum absolute atomic E-state index is 0.843. The van der Waals surface area contributed by atoms with E-state index in [4.69, 9.17) is 0 Å². The van der Waals surface area contributed by atoms with Crippen LogP contribution in [0.3, 0.4) is 0 Å². The first-order valence-corrected chi connectivity index (χ1v) is 4.53. The van der Waals surface area contributed by atoms with Crippen LogP contribution in [0.2, 0.25) is 0 Å². The summed E-state index contributed by atoms with van der Waals surface area (Å²) >= 11 is 0. The van der Waals surface area contributed by atoms with Gasteiger partial charge >= 0.3 is 0 Å². The number of nitrogens with zero attached hydrogens (tertiary/aromatic N) is 1. The van der Waals surface area contributed by atoms with E-state index in [-0.39, 0.29) is 0 Å². The van der Waals surface area contributed by atoms with Crippen molar-refractivity contribution < 1.29 is 0 Å².